The van der Waals surface area contributed by atoms with Gasteiger partial charge in [0, 0.05) is 24.2 Å². The topological polar surface area (TPSA) is 103 Å². The molecule has 1 atom stereocenters. The number of aryl methyl sites for hydroxylation is 1. The van der Waals surface area contributed by atoms with Gasteiger partial charge in [0.05, 0.1) is 5.69 Å². The first-order valence-corrected chi connectivity index (χ1v) is 10.7. The summed E-state index contributed by atoms with van der Waals surface area (Å²) in [5, 5.41) is 3.28. The van der Waals surface area contributed by atoms with E-state index in [9.17, 15) is 23.2 Å². The van der Waals surface area contributed by atoms with Crippen LogP contribution < -0.4 is 15.6 Å². The Labute approximate surface area is 202 Å². The maximum atomic E-state index is 13.8. The zero-order valence-corrected chi connectivity index (χ0v) is 19.3. The predicted octanol–water partition coefficient (Wildman–Crippen LogP) is 2.55. The predicted molar refractivity (Wildman–Crippen MR) is 120 cm³/mol. The number of halogens is 3. The van der Waals surface area contributed by atoms with E-state index < -0.39 is 29.1 Å². The van der Waals surface area contributed by atoms with E-state index in [2.05, 4.69) is 10.3 Å². The Balaban J connectivity index is 1.56. The third-order valence-electron chi connectivity index (χ3n) is 5.34. The van der Waals surface area contributed by atoms with E-state index in [4.69, 9.17) is 21.2 Å². The van der Waals surface area contributed by atoms with Crippen LogP contribution in [-0.2, 0) is 16.2 Å². The Morgan fingerprint density at radius 3 is 2.71 bits per heavy atom. The number of nitrogens with zero attached hydrogens (tertiary/aromatic N) is 3. The third kappa shape index (κ3) is 5.00. The van der Waals surface area contributed by atoms with Crippen molar-refractivity contribution in [2.75, 3.05) is 13.7 Å². The monoisotopic (exact) mass is 504 g/mol. The Kier molecular flexibility index (Phi) is 6.81. The Morgan fingerprint density at radius 1 is 1.26 bits per heavy atom. The summed E-state index contributed by atoms with van der Waals surface area (Å²) < 4.78 is 33.4. The quantitative estimate of drug-likeness (QED) is 0.553. The number of likely N-dealkylation sites (N-methyl/N-ethyl adjacent to an activating group) is 1. The minimum absolute atomic E-state index is 0.0159. The van der Waals surface area contributed by atoms with Crippen molar-refractivity contribution < 1.29 is 27.9 Å². The van der Waals surface area contributed by atoms with Gasteiger partial charge in [0.15, 0.2) is 5.02 Å². The van der Waals surface area contributed by atoms with Gasteiger partial charge in [-0.1, -0.05) is 17.7 Å². The number of carbonyl (C=O) groups is 2. The van der Waals surface area contributed by atoms with Crippen molar-refractivity contribution in [2.45, 2.75) is 19.6 Å². The standard InChI is InChI=1S/C23H19ClF2N4O5/c1-12-3-4-13(20(31)28-17-10-35-29(2)22(17)32)7-18(12)30-11-27-21(19(24)23(30)33)34-9-14-5-6-15(25)8-16(14)26/h3-8,11,17H,9-10H2,1-2H3,(H,28,31)/t17-/m0/s1. The molecule has 1 saturated heterocycles. The molecule has 0 bridgehead atoms. The van der Waals surface area contributed by atoms with Gasteiger partial charge in [-0.3, -0.25) is 23.8 Å². The van der Waals surface area contributed by atoms with Crippen LogP contribution in [0.1, 0.15) is 21.5 Å². The molecule has 12 heteroatoms. The fraction of sp³-hybridized carbons (Fsp3) is 0.217. The average Bonchev–Trinajstić information content (AvgIpc) is 3.13. The molecular formula is C23H19ClF2N4O5. The lowest BCUT2D eigenvalue weighted by Crippen LogP contribution is -2.42. The van der Waals surface area contributed by atoms with Gasteiger partial charge in [0.1, 0.15) is 37.2 Å². The third-order valence-corrected chi connectivity index (χ3v) is 5.67. The van der Waals surface area contributed by atoms with Crippen molar-refractivity contribution in [2.24, 2.45) is 0 Å². The minimum Gasteiger partial charge on any atom is -0.471 e. The second-order valence-electron chi connectivity index (χ2n) is 7.72. The number of rotatable bonds is 6. The number of aromatic nitrogens is 2. The first kappa shape index (κ1) is 24.3. The Bertz CT molecular complexity index is 1380. The summed E-state index contributed by atoms with van der Waals surface area (Å²) >= 11 is 6.17. The molecule has 0 saturated carbocycles. The van der Waals surface area contributed by atoms with Gasteiger partial charge >= 0.3 is 0 Å². The number of benzene rings is 2. The van der Waals surface area contributed by atoms with Crippen molar-refractivity contribution in [3.8, 4) is 11.6 Å². The van der Waals surface area contributed by atoms with Gasteiger partial charge in [-0.05, 0) is 36.8 Å². The van der Waals surface area contributed by atoms with E-state index >= 15 is 0 Å². The number of hydrogen-bond acceptors (Lipinski definition) is 6. The number of hydroxylamine groups is 2. The van der Waals surface area contributed by atoms with Crippen LogP contribution in [0.5, 0.6) is 5.88 Å². The SMILES string of the molecule is Cc1ccc(C(=O)N[C@H]2CON(C)C2=O)cc1-n1cnc(OCc2ccc(F)cc2F)c(Cl)c1=O. The molecular weight excluding hydrogens is 486 g/mol. The number of nitrogens with one attached hydrogen (secondary N) is 1. The van der Waals surface area contributed by atoms with Gasteiger partial charge in [-0.15, -0.1) is 0 Å². The molecule has 0 unspecified atom stereocenters. The van der Waals surface area contributed by atoms with Crippen LogP contribution in [0.2, 0.25) is 5.02 Å². The van der Waals surface area contributed by atoms with E-state index in [1.165, 1.54) is 19.2 Å². The normalized spacial score (nSPS) is 15.4. The summed E-state index contributed by atoms with van der Waals surface area (Å²) in [6.45, 7) is 1.42. The highest BCUT2D eigenvalue weighted by Gasteiger charge is 2.32. The van der Waals surface area contributed by atoms with Gasteiger partial charge < -0.3 is 10.1 Å². The largest absolute Gasteiger partial charge is 0.471 e. The molecule has 1 aromatic heterocycles. The Morgan fingerprint density at radius 2 is 2.03 bits per heavy atom. The van der Waals surface area contributed by atoms with Crippen molar-refractivity contribution in [3.63, 3.8) is 0 Å². The highest BCUT2D eigenvalue weighted by molar-refractivity contribution is 6.31. The molecule has 3 aromatic rings. The van der Waals surface area contributed by atoms with E-state index in [1.807, 2.05) is 0 Å². The number of carbonyl (C=O) groups excluding carboxylic acids is 2. The molecule has 9 nitrogen and oxygen atoms in total. The summed E-state index contributed by atoms with van der Waals surface area (Å²) in [5.41, 5.74) is 0.546. The zero-order chi connectivity index (χ0) is 25.3. The van der Waals surface area contributed by atoms with Crippen LogP contribution in [0.25, 0.3) is 5.69 Å². The second kappa shape index (κ2) is 9.80. The van der Waals surface area contributed by atoms with E-state index in [0.717, 1.165) is 22.0 Å². The lowest BCUT2D eigenvalue weighted by Gasteiger charge is -2.14. The van der Waals surface area contributed by atoms with E-state index in [0.29, 0.717) is 17.3 Å². The lowest BCUT2D eigenvalue weighted by molar-refractivity contribution is -0.154. The summed E-state index contributed by atoms with van der Waals surface area (Å²) in [7, 11) is 1.45. The van der Waals surface area contributed by atoms with E-state index in [1.54, 1.807) is 19.1 Å². The maximum Gasteiger partial charge on any atom is 0.280 e. The van der Waals surface area contributed by atoms with Gasteiger partial charge in [-0.25, -0.2) is 18.8 Å². The Hall–Kier alpha value is -3.83. The molecule has 1 fully saturated rings. The highest BCUT2D eigenvalue weighted by atomic mass is 35.5. The summed E-state index contributed by atoms with van der Waals surface area (Å²) in [6, 6.07) is 6.82. The zero-order valence-electron chi connectivity index (χ0n) is 18.5. The maximum absolute atomic E-state index is 13.8. The van der Waals surface area contributed by atoms with Gasteiger partial charge in [-0.2, -0.15) is 0 Å². The van der Waals surface area contributed by atoms with Crippen LogP contribution in [0.15, 0.2) is 47.5 Å². The van der Waals surface area contributed by atoms with Crippen molar-refractivity contribution in [1.29, 1.82) is 0 Å². The van der Waals surface area contributed by atoms with Crippen molar-refractivity contribution in [1.82, 2.24) is 19.9 Å². The fourth-order valence-electron chi connectivity index (χ4n) is 3.37. The fourth-order valence-corrected chi connectivity index (χ4v) is 3.56. The molecule has 4 rings (SSSR count). The number of ether oxygens (including phenoxy) is 1. The molecule has 1 N–H and O–H groups in total. The van der Waals surface area contributed by atoms with Crippen LogP contribution in [0.3, 0.4) is 0 Å². The molecule has 1 aliphatic rings. The summed E-state index contributed by atoms with van der Waals surface area (Å²) in [6.07, 6.45) is 1.16. The van der Waals surface area contributed by atoms with Crippen LogP contribution in [0.4, 0.5) is 8.78 Å². The highest BCUT2D eigenvalue weighted by Crippen LogP contribution is 2.22. The minimum atomic E-state index is -0.821. The first-order valence-electron chi connectivity index (χ1n) is 10.3. The average molecular weight is 505 g/mol. The smallest absolute Gasteiger partial charge is 0.280 e. The second-order valence-corrected chi connectivity index (χ2v) is 8.10. The molecule has 2 heterocycles. The molecule has 2 aromatic carbocycles. The lowest BCUT2D eigenvalue weighted by atomic mass is 10.1. The van der Waals surface area contributed by atoms with Crippen molar-refractivity contribution >= 4 is 23.4 Å². The molecule has 182 valence electrons. The number of hydrogen-bond donors (Lipinski definition) is 1. The van der Waals surface area contributed by atoms with Gasteiger partial charge in [0.2, 0.25) is 5.88 Å². The van der Waals surface area contributed by atoms with Crippen LogP contribution in [-0.4, -0.2) is 46.1 Å². The summed E-state index contributed by atoms with van der Waals surface area (Å²) in [4.78, 5) is 46.7. The van der Waals surface area contributed by atoms with Crippen LogP contribution >= 0.6 is 11.6 Å². The molecule has 2 amide bonds. The molecule has 1 aliphatic heterocycles. The molecule has 35 heavy (non-hydrogen) atoms. The van der Waals surface area contributed by atoms with Gasteiger partial charge in [0.25, 0.3) is 17.4 Å². The van der Waals surface area contributed by atoms with Crippen LogP contribution in [0, 0.1) is 18.6 Å². The molecule has 0 aliphatic carbocycles. The first-order chi connectivity index (χ1) is 16.7. The molecule has 0 spiro atoms. The van der Waals surface area contributed by atoms with Crippen molar-refractivity contribution in [3.05, 3.63) is 86.4 Å². The summed E-state index contributed by atoms with van der Waals surface area (Å²) in [5.74, 6) is -2.68. The molecule has 0 radical (unpaired) electrons. The van der Waals surface area contributed by atoms with E-state index in [-0.39, 0.29) is 41.2 Å². The number of amides is 2.